The smallest absolute Gasteiger partial charge is 0.318 e. The Kier molecular flexibility index (Phi) is 4.83. The highest BCUT2D eigenvalue weighted by atomic mass is 16.5. The number of hydrogen-bond donors (Lipinski definition) is 2. The van der Waals surface area contributed by atoms with Gasteiger partial charge in [-0.05, 0) is 12.1 Å². The van der Waals surface area contributed by atoms with Gasteiger partial charge in [-0.25, -0.2) is 4.79 Å². The highest BCUT2D eigenvalue weighted by Gasteiger charge is 2.28. The number of morpholine rings is 1. The average molecular weight is 280 g/mol. The Labute approximate surface area is 115 Å². The number of rotatable bonds is 4. The Bertz CT molecular complexity index is 468. The van der Waals surface area contributed by atoms with Crippen molar-refractivity contribution in [2.24, 2.45) is 0 Å². The van der Waals surface area contributed by atoms with Crippen molar-refractivity contribution in [1.29, 1.82) is 0 Å². The van der Waals surface area contributed by atoms with Crippen molar-refractivity contribution in [3.8, 4) is 0 Å². The Morgan fingerprint density at radius 1 is 1.55 bits per heavy atom. The van der Waals surface area contributed by atoms with Crippen LogP contribution in [0.25, 0.3) is 0 Å². The molecule has 2 rings (SSSR count). The number of ether oxygens (including phenoxy) is 1. The molecular weight excluding hydrogens is 264 g/mol. The molecule has 0 radical (unpaired) electrons. The third kappa shape index (κ3) is 3.89. The molecule has 0 aromatic carbocycles. The molecule has 8 nitrogen and oxygen atoms in total. The van der Waals surface area contributed by atoms with Crippen LogP contribution in [0.15, 0.2) is 18.3 Å². The molecular formula is C12H16N4O4. The summed E-state index contributed by atoms with van der Waals surface area (Å²) in [6, 6.07) is 2.73. The SMILES string of the molecule is O=C(O)CC1COCCN1C(=O)NCc1cccnn1. The van der Waals surface area contributed by atoms with E-state index in [4.69, 9.17) is 9.84 Å². The zero-order chi connectivity index (χ0) is 14.4. The van der Waals surface area contributed by atoms with Crippen LogP contribution in [-0.4, -0.2) is 58.0 Å². The summed E-state index contributed by atoms with van der Waals surface area (Å²) in [4.78, 5) is 24.4. The maximum absolute atomic E-state index is 12.1. The van der Waals surface area contributed by atoms with E-state index in [9.17, 15) is 9.59 Å². The first-order valence-corrected chi connectivity index (χ1v) is 6.27. The number of aliphatic carboxylic acids is 1. The number of carbonyl (C=O) groups is 2. The van der Waals surface area contributed by atoms with E-state index in [1.807, 2.05) is 0 Å². The Morgan fingerprint density at radius 2 is 2.40 bits per heavy atom. The lowest BCUT2D eigenvalue weighted by atomic mass is 10.1. The van der Waals surface area contributed by atoms with Crippen molar-refractivity contribution >= 4 is 12.0 Å². The first kappa shape index (κ1) is 14.2. The van der Waals surface area contributed by atoms with Crippen LogP contribution < -0.4 is 5.32 Å². The fraction of sp³-hybridized carbons (Fsp3) is 0.500. The quantitative estimate of drug-likeness (QED) is 0.795. The van der Waals surface area contributed by atoms with Gasteiger partial charge in [-0.3, -0.25) is 4.79 Å². The first-order valence-electron chi connectivity index (χ1n) is 6.27. The Morgan fingerprint density at radius 3 is 3.10 bits per heavy atom. The van der Waals surface area contributed by atoms with E-state index in [2.05, 4.69) is 15.5 Å². The van der Waals surface area contributed by atoms with E-state index in [0.717, 1.165) is 0 Å². The standard InChI is InChI=1S/C12H16N4O4/c17-11(18)6-10-8-20-5-4-16(10)12(19)13-7-9-2-1-3-14-15-9/h1-3,10H,4-8H2,(H,13,19)(H,17,18). The number of carboxylic acid groups (broad SMARTS) is 1. The largest absolute Gasteiger partial charge is 0.481 e. The number of nitrogens with zero attached hydrogens (tertiary/aromatic N) is 3. The van der Waals surface area contributed by atoms with Crippen LogP contribution in [0.4, 0.5) is 4.79 Å². The molecule has 1 atom stereocenters. The van der Waals surface area contributed by atoms with Gasteiger partial charge in [-0.1, -0.05) is 0 Å². The van der Waals surface area contributed by atoms with Gasteiger partial charge in [0, 0.05) is 12.7 Å². The van der Waals surface area contributed by atoms with E-state index < -0.39 is 12.0 Å². The topological polar surface area (TPSA) is 105 Å². The third-order valence-corrected chi connectivity index (χ3v) is 2.95. The summed E-state index contributed by atoms with van der Waals surface area (Å²) in [7, 11) is 0. The number of urea groups is 1. The molecule has 2 amide bonds. The minimum absolute atomic E-state index is 0.126. The number of hydrogen-bond acceptors (Lipinski definition) is 5. The predicted molar refractivity (Wildman–Crippen MR) is 67.8 cm³/mol. The molecule has 1 fully saturated rings. The van der Waals surface area contributed by atoms with Crippen molar-refractivity contribution in [3.05, 3.63) is 24.0 Å². The van der Waals surface area contributed by atoms with Crippen LogP contribution in [0.1, 0.15) is 12.1 Å². The Balaban J connectivity index is 1.90. The summed E-state index contributed by atoms with van der Waals surface area (Å²) < 4.78 is 5.22. The van der Waals surface area contributed by atoms with Crippen LogP contribution in [0, 0.1) is 0 Å². The van der Waals surface area contributed by atoms with Gasteiger partial charge in [-0.2, -0.15) is 10.2 Å². The molecule has 1 saturated heterocycles. The van der Waals surface area contributed by atoms with Crippen LogP contribution in [-0.2, 0) is 16.1 Å². The number of carbonyl (C=O) groups excluding carboxylic acids is 1. The van der Waals surface area contributed by atoms with Gasteiger partial charge in [0.2, 0.25) is 0 Å². The second-order valence-electron chi connectivity index (χ2n) is 4.39. The lowest BCUT2D eigenvalue weighted by Crippen LogP contribution is -2.53. The minimum Gasteiger partial charge on any atom is -0.481 e. The van der Waals surface area contributed by atoms with Gasteiger partial charge >= 0.3 is 12.0 Å². The van der Waals surface area contributed by atoms with Gasteiger partial charge < -0.3 is 20.1 Å². The van der Waals surface area contributed by atoms with E-state index in [1.165, 1.54) is 4.90 Å². The number of amides is 2. The minimum atomic E-state index is -0.952. The predicted octanol–water partition coefficient (Wildman–Crippen LogP) is -0.138. The lowest BCUT2D eigenvalue weighted by Gasteiger charge is -2.34. The van der Waals surface area contributed by atoms with Crippen LogP contribution in [0.3, 0.4) is 0 Å². The molecule has 2 N–H and O–H groups in total. The summed E-state index contributed by atoms with van der Waals surface area (Å²) in [5.41, 5.74) is 0.642. The molecule has 1 aliphatic rings. The molecule has 1 unspecified atom stereocenters. The zero-order valence-corrected chi connectivity index (χ0v) is 10.9. The molecule has 0 saturated carbocycles. The van der Waals surface area contributed by atoms with Crippen molar-refractivity contribution in [1.82, 2.24) is 20.4 Å². The molecule has 0 aliphatic carbocycles. The summed E-state index contributed by atoms with van der Waals surface area (Å²) in [6.45, 7) is 1.29. The molecule has 20 heavy (non-hydrogen) atoms. The van der Waals surface area contributed by atoms with Gasteiger partial charge in [0.15, 0.2) is 0 Å². The number of aromatic nitrogens is 2. The summed E-state index contributed by atoms with van der Waals surface area (Å²) in [5, 5.41) is 19.1. The highest BCUT2D eigenvalue weighted by Crippen LogP contribution is 2.11. The number of nitrogens with one attached hydrogen (secondary N) is 1. The molecule has 8 heteroatoms. The molecule has 1 aromatic rings. The molecule has 0 bridgehead atoms. The molecule has 0 spiro atoms. The monoisotopic (exact) mass is 280 g/mol. The van der Waals surface area contributed by atoms with E-state index >= 15 is 0 Å². The maximum atomic E-state index is 12.1. The Hall–Kier alpha value is -2.22. The van der Waals surface area contributed by atoms with Crippen molar-refractivity contribution in [2.75, 3.05) is 19.8 Å². The summed E-state index contributed by atoms with van der Waals surface area (Å²) in [5.74, 6) is -0.952. The average Bonchev–Trinajstić information content (AvgIpc) is 2.46. The van der Waals surface area contributed by atoms with E-state index in [0.29, 0.717) is 18.8 Å². The first-order chi connectivity index (χ1) is 9.66. The van der Waals surface area contributed by atoms with Crippen molar-refractivity contribution in [3.63, 3.8) is 0 Å². The highest BCUT2D eigenvalue weighted by molar-refractivity contribution is 5.76. The van der Waals surface area contributed by atoms with Crippen LogP contribution in [0.2, 0.25) is 0 Å². The normalized spacial score (nSPS) is 18.6. The van der Waals surface area contributed by atoms with Gasteiger partial charge in [0.25, 0.3) is 0 Å². The van der Waals surface area contributed by atoms with E-state index in [-0.39, 0.29) is 25.6 Å². The molecule has 1 aromatic heterocycles. The van der Waals surface area contributed by atoms with Gasteiger partial charge in [0.05, 0.1) is 37.9 Å². The van der Waals surface area contributed by atoms with Gasteiger partial charge in [-0.15, -0.1) is 0 Å². The van der Waals surface area contributed by atoms with Crippen molar-refractivity contribution < 1.29 is 19.4 Å². The maximum Gasteiger partial charge on any atom is 0.318 e. The summed E-state index contributed by atoms with van der Waals surface area (Å²) in [6.07, 6.45) is 1.43. The lowest BCUT2D eigenvalue weighted by molar-refractivity contribution is -0.139. The second-order valence-corrected chi connectivity index (χ2v) is 4.39. The summed E-state index contributed by atoms with van der Waals surface area (Å²) >= 11 is 0. The van der Waals surface area contributed by atoms with Crippen LogP contribution in [0.5, 0.6) is 0 Å². The third-order valence-electron chi connectivity index (χ3n) is 2.95. The second kappa shape index (κ2) is 6.80. The fourth-order valence-corrected chi connectivity index (χ4v) is 1.99. The molecule has 108 valence electrons. The molecule has 2 heterocycles. The van der Waals surface area contributed by atoms with Gasteiger partial charge in [0.1, 0.15) is 0 Å². The number of carboxylic acids is 1. The fourth-order valence-electron chi connectivity index (χ4n) is 1.99. The van der Waals surface area contributed by atoms with Crippen molar-refractivity contribution in [2.45, 2.75) is 19.0 Å². The van der Waals surface area contributed by atoms with Crippen LogP contribution >= 0.6 is 0 Å². The van der Waals surface area contributed by atoms with E-state index in [1.54, 1.807) is 18.3 Å². The zero-order valence-electron chi connectivity index (χ0n) is 10.9. The molecule has 1 aliphatic heterocycles.